The number of rotatable bonds is 9. The molecule has 0 spiro atoms. The highest BCUT2D eigenvalue weighted by Gasteiger charge is 2.26. The Labute approximate surface area is 220 Å². The summed E-state index contributed by atoms with van der Waals surface area (Å²) >= 11 is 0. The van der Waals surface area contributed by atoms with Crippen molar-refractivity contribution in [3.63, 3.8) is 0 Å². The van der Waals surface area contributed by atoms with Crippen LogP contribution >= 0.6 is 0 Å². The van der Waals surface area contributed by atoms with Crippen LogP contribution in [0.5, 0.6) is 0 Å². The van der Waals surface area contributed by atoms with E-state index in [9.17, 15) is 19.5 Å². The maximum absolute atomic E-state index is 13.8. The van der Waals surface area contributed by atoms with Gasteiger partial charge in [0.15, 0.2) is 11.2 Å². The summed E-state index contributed by atoms with van der Waals surface area (Å²) in [6.45, 7) is 5.65. The molecular formula is C26H34N8O4. The summed E-state index contributed by atoms with van der Waals surface area (Å²) in [5.74, 6) is 5.69. The van der Waals surface area contributed by atoms with Crippen molar-refractivity contribution in [1.82, 2.24) is 23.7 Å². The molecule has 12 heteroatoms. The summed E-state index contributed by atoms with van der Waals surface area (Å²) < 4.78 is 4.04. The second-order valence-electron chi connectivity index (χ2n) is 9.45. The Morgan fingerprint density at radius 1 is 1.26 bits per heavy atom. The Hall–Kier alpha value is -4.11. The molecule has 0 aliphatic carbocycles. The second kappa shape index (κ2) is 11.5. The highest BCUT2D eigenvalue weighted by molar-refractivity contribution is 5.89. The van der Waals surface area contributed by atoms with Crippen molar-refractivity contribution in [2.45, 2.75) is 58.7 Å². The van der Waals surface area contributed by atoms with E-state index in [0.29, 0.717) is 24.9 Å². The number of hydrogen-bond acceptors (Lipinski definition) is 8. The van der Waals surface area contributed by atoms with Crippen LogP contribution in [0.3, 0.4) is 0 Å². The second-order valence-corrected chi connectivity index (χ2v) is 9.45. The number of aryl methyl sites for hydroxylation is 1. The zero-order valence-electron chi connectivity index (χ0n) is 22.0. The average molecular weight is 523 g/mol. The fourth-order valence-electron chi connectivity index (χ4n) is 4.70. The summed E-state index contributed by atoms with van der Waals surface area (Å²) in [5.41, 5.74) is 5.50. The minimum absolute atomic E-state index is 0.0199. The molecule has 4 rings (SSSR count). The van der Waals surface area contributed by atoms with Crippen molar-refractivity contribution in [1.29, 1.82) is 0 Å². The Balaban J connectivity index is 1.87. The van der Waals surface area contributed by atoms with Gasteiger partial charge in [0.25, 0.3) is 5.56 Å². The smallest absolute Gasteiger partial charge is 0.337 e. The number of aromatic carboxylic acids is 1. The van der Waals surface area contributed by atoms with Crippen molar-refractivity contribution >= 4 is 28.9 Å². The van der Waals surface area contributed by atoms with Crippen molar-refractivity contribution in [2.24, 2.45) is 12.8 Å². The lowest BCUT2D eigenvalue weighted by atomic mass is 10.1. The third-order valence-corrected chi connectivity index (χ3v) is 6.72. The molecule has 1 atom stereocenters. The van der Waals surface area contributed by atoms with Crippen molar-refractivity contribution in [3.05, 3.63) is 44.2 Å². The van der Waals surface area contributed by atoms with Crippen LogP contribution < -0.4 is 27.2 Å². The van der Waals surface area contributed by atoms with E-state index in [-0.39, 0.29) is 41.6 Å². The van der Waals surface area contributed by atoms with Gasteiger partial charge in [0.2, 0.25) is 5.95 Å². The minimum Gasteiger partial charge on any atom is -0.478 e. The summed E-state index contributed by atoms with van der Waals surface area (Å²) in [4.78, 5) is 50.3. The van der Waals surface area contributed by atoms with Gasteiger partial charge in [0, 0.05) is 32.7 Å². The first kappa shape index (κ1) is 26.9. The van der Waals surface area contributed by atoms with E-state index in [1.54, 1.807) is 24.6 Å². The van der Waals surface area contributed by atoms with Gasteiger partial charge in [-0.25, -0.2) is 14.6 Å². The zero-order valence-corrected chi connectivity index (χ0v) is 22.0. The molecule has 38 heavy (non-hydrogen) atoms. The predicted molar refractivity (Wildman–Crippen MR) is 146 cm³/mol. The number of fused-ring (bicyclic) bond motifs is 1. The standard InChI is InChI=1S/C26H34N8O4/c1-4-6-12-28-20-11-10-18(24(36)37)19(29-20)16-34-23(35)21-22(31(3)26(34)38)30-25(33(21)14-7-5-2)32-13-8-9-17(27)15-32/h10-11,17H,4,6,8-9,12-16,27H2,1-3H3,(H,28,29)(H,36,37)/t17-/m1/s1. The highest BCUT2D eigenvalue weighted by Crippen LogP contribution is 2.23. The van der Waals surface area contributed by atoms with Gasteiger partial charge in [0.05, 0.1) is 24.3 Å². The molecule has 0 unspecified atom stereocenters. The molecule has 1 aliphatic heterocycles. The van der Waals surface area contributed by atoms with Gasteiger partial charge < -0.3 is 21.1 Å². The fraction of sp³-hybridized carbons (Fsp3) is 0.500. The summed E-state index contributed by atoms with van der Waals surface area (Å²) in [6.07, 6.45) is 3.70. The van der Waals surface area contributed by atoms with Gasteiger partial charge in [-0.2, -0.15) is 4.98 Å². The summed E-state index contributed by atoms with van der Waals surface area (Å²) in [7, 11) is 1.55. The number of carbonyl (C=O) groups is 1. The molecule has 1 saturated heterocycles. The van der Waals surface area contributed by atoms with Crippen molar-refractivity contribution in [3.8, 4) is 11.8 Å². The number of anilines is 2. The first-order chi connectivity index (χ1) is 18.3. The number of nitrogens with zero attached hydrogens (tertiary/aromatic N) is 6. The van der Waals surface area contributed by atoms with Gasteiger partial charge >= 0.3 is 11.7 Å². The first-order valence-corrected chi connectivity index (χ1v) is 12.8. The summed E-state index contributed by atoms with van der Waals surface area (Å²) in [5, 5.41) is 12.9. The Morgan fingerprint density at radius 3 is 2.74 bits per heavy atom. The van der Waals surface area contributed by atoms with Gasteiger partial charge in [-0.1, -0.05) is 19.3 Å². The number of pyridine rings is 1. The van der Waals surface area contributed by atoms with E-state index in [1.165, 1.54) is 10.6 Å². The number of unbranched alkanes of at least 4 members (excludes halogenated alkanes) is 1. The first-order valence-electron chi connectivity index (χ1n) is 12.8. The normalized spacial score (nSPS) is 15.4. The number of aromatic nitrogens is 5. The molecule has 1 aliphatic rings. The monoisotopic (exact) mass is 522 g/mol. The predicted octanol–water partition coefficient (Wildman–Crippen LogP) is 1.20. The van der Waals surface area contributed by atoms with Gasteiger partial charge in [0.1, 0.15) is 5.82 Å². The van der Waals surface area contributed by atoms with E-state index >= 15 is 0 Å². The number of nitrogens with one attached hydrogen (secondary N) is 1. The molecule has 0 saturated carbocycles. The van der Waals surface area contributed by atoms with E-state index in [0.717, 1.165) is 36.8 Å². The molecule has 12 nitrogen and oxygen atoms in total. The van der Waals surface area contributed by atoms with Crippen LogP contribution in [-0.4, -0.2) is 60.4 Å². The molecule has 4 heterocycles. The van der Waals surface area contributed by atoms with Crippen LogP contribution in [0.4, 0.5) is 11.8 Å². The molecule has 3 aromatic rings. The van der Waals surface area contributed by atoms with E-state index in [4.69, 9.17) is 10.7 Å². The zero-order chi connectivity index (χ0) is 27.4. The number of imidazole rings is 1. The summed E-state index contributed by atoms with van der Waals surface area (Å²) in [6, 6.07) is 3.00. The SMILES string of the molecule is CC#CCn1c(N2CCC[C@@H](N)C2)nc2c1c(=O)n(Cc1nc(NCCCC)ccc1C(=O)O)c(=O)n2C. The van der Waals surface area contributed by atoms with Crippen LogP contribution in [0.1, 0.15) is 55.6 Å². The molecule has 4 N–H and O–H groups in total. The third-order valence-electron chi connectivity index (χ3n) is 6.72. The van der Waals surface area contributed by atoms with Crippen LogP contribution in [-0.2, 0) is 20.1 Å². The quantitative estimate of drug-likeness (QED) is 0.278. The number of carboxylic acids is 1. The Morgan fingerprint density at radius 2 is 2.05 bits per heavy atom. The van der Waals surface area contributed by atoms with Crippen LogP contribution in [0, 0.1) is 11.8 Å². The Bertz CT molecular complexity index is 1520. The largest absolute Gasteiger partial charge is 0.478 e. The van der Waals surface area contributed by atoms with E-state index in [2.05, 4.69) is 29.1 Å². The highest BCUT2D eigenvalue weighted by atomic mass is 16.4. The van der Waals surface area contributed by atoms with Crippen molar-refractivity contribution in [2.75, 3.05) is 29.9 Å². The molecule has 0 radical (unpaired) electrons. The molecule has 0 aromatic carbocycles. The lowest BCUT2D eigenvalue weighted by Gasteiger charge is -2.31. The lowest BCUT2D eigenvalue weighted by molar-refractivity contribution is 0.0695. The van der Waals surface area contributed by atoms with Gasteiger partial charge in [-0.05, 0) is 38.3 Å². The van der Waals surface area contributed by atoms with Crippen molar-refractivity contribution < 1.29 is 9.90 Å². The topological polar surface area (TPSA) is 153 Å². The maximum atomic E-state index is 13.8. The average Bonchev–Trinajstić information content (AvgIpc) is 3.28. The third kappa shape index (κ3) is 5.28. The molecular weight excluding hydrogens is 488 g/mol. The Kier molecular flexibility index (Phi) is 8.16. The molecule has 202 valence electrons. The molecule has 3 aromatic heterocycles. The van der Waals surface area contributed by atoms with Gasteiger partial charge in [-0.3, -0.25) is 18.5 Å². The van der Waals surface area contributed by atoms with Crippen LogP contribution in [0.2, 0.25) is 0 Å². The van der Waals surface area contributed by atoms with E-state index < -0.39 is 17.2 Å². The molecule has 1 fully saturated rings. The maximum Gasteiger partial charge on any atom is 0.337 e. The number of carboxylic acid groups (broad SMARTS) is 1. The molecule has 0 amide bonds. The fourth-order valence-corrected chi connectivity index (χ4v) is 4.70. The molecule has 0 bridgehead atoms. The van der Waals surface area contributed by atoms with E-state index in [1.807, 2.05) is 4.90 Å². The van der Waals surface area contributed by atoms with Crippen LogP contribution in [0.25, 0.3) is 11.2 Å². The van der Waals surface area contributed by atoms with Crippen LogP contribution in [0.15, 0.2) is 21.7 Å². The van der Waals surface area contributed by atoms with Gasteiger partial charge in [-0.15, -0.1) is 5.92 Å². The lowest BCUT2D eigenvalue weighted by Crippen LogP contribution is -2.44. The number of hydrogen-bond donors (Lipinski definition) is 3. The minimum atomic E-state index is -1.19. The number of nitrogens with two attached hydrogens (primary N) is 1. The number of piperidine rings is 1.